The van der Waals surface area contributed by atoms with E-state index in [-0.39, 0.29) is 5.56 Å². The lowest BCUT2D eigenvalue weighted by Gasteiger charge is -2.06. The van der Waals surface area contributed by atoms with Gasteiger partial charge in [-0.05, 0) is 43.3 Å². The second-order valence-electron chi connectivity index (χ2n) is 4.98. The second kappa shape index (κ2) is 6.87. The van der Waals surface area contributed by atoms with E-state index in [0.717, 1.165) is 11.3 Å². The molecule has 1 aromatic heterocycles. The third-order valence-corrected chi connectivity index (χ3v) is 3.36. The van der Waals surface area contributed by atoms with Crippen LogP contribution in [-0.4, -0.2) is 32.6 Å². The van der Waals surface area contributed by atoms with E-state index < -0.39 is 5.97 Å². The molecule has 120 valence electrons. The van der Waals surface area contributed by atoms with E-state index in [1.807, 2.05) is 31.2 Å². The molecule has 0 aliphatic heterocycles. The van der Waals surface area contributed by atoms with E-state index in [4.69, 9.17) is 9.84 Å². The number of nitrogens with zero attached hydrogens (tertiary/aromatic N) is 3. The molecule has 6 heteroatoms. The standard InChI is InChI=1S/C18H15N3O3/c1-2-24-15-8-6-12(7-9-15)16-19-11-20-17(21-16)13-4-3-5-14(10-13)18(22)23/h3-11H,2H2,1H3,(H,22,23). The molecule has 6 nitrogen and oxygen atoms in total. The maximum atomic E-state index is 11.1. The van der Waals surface area contributed by atoms with Gasteiger partial charge in [-0.1, -0.05) is 12.1 Å². The minimum absolute atomic E-state index is 0.190. The van der Waals surface area contributed by atoms with Crippen LogP contribution in [0.4, 0.5) is 0 Å². The number of hydrogen-bond acceptors (Lipinski definition) is 5. The number of benzene rings is 2. The molecule has 3 aromatic rings. The summed E-state index contributed by atoms with van der Waals surface area (Å²) in [6.07, 6.45) is 1.42. The maximum absolute atomic E-state index is 11.1. The molecule has 0 saturated heterocycles. The average molecular weight is 321 g/mol. The summed E-state index contributed by atoms with van der Waals surface area (Å²) in [6.45, 7) is 2.53. The number of rotatable bonds is 5. The SMILES string of the molecule is CCOc1ccc(-c2ncnc(-c3cccc(C(=O)O)c3)n2)cc1. The van der Waals surface area contributed by atoms with Crippen molar-refractivity contribution in [2.24, 2.45) is 0 Å². The Bertz CT molecular complexity index is 863. The Morgan fingerprint density at radius 2 is 1.75 bits per heavy atom. The van der Waals surface area contributed by atoms with Crippen LogP contribution in [-0.2, 0) is 0 Å². The topological polar surface area (TPSA) is 85.2 Å². The van der Waals surface area contributed by atoms with Gasteiger partial charge in [0, 0.05) is 11.1 Å². The van der Waals surface area contributed by atoms with Crippen molar-refractivity contribution in [3.05, 3.63) is 60.4 Å². The lowest BCUT2D eigenvalue weighted by molar-refractivity contribution is 0.0697. The summed E-state index contributed by atoms with van der Waals surface area (Å²) < 4.78 is 5.42. The Morgan fingerprint density at radius 3 is 2.42 bits per heavy atom. The zero-order chi connectivity index (χ0) is 16.9. The molecule has 0 fully saturated rings. The van der Waals surface area contributed by atoms with Crippen LogP contribution in [0.3, 0.4) is 0 Å². The van der Waals surface area contributed by atoms with Gasteiger partial charge in [0.25, 0.3) is 0 Å². The first kappa shape index (κ1) is 15.6. The molecule has 0 aliphatic rings. The Kier molecular flexibility index (Phi) is 4.47. The zero-order valence-electron chi connectivity index (χ0n) is 13.0. The largest absolute Gasteiger partial charge is 0.494 e. The van der Waals surface area contributed by atoms with Gasteiger partial charge in [0.15, 0.2) is 11.6 Å². The van der Waals surface area contributed by atoms with E-state index in [0.29, 0.717) is 23.8 Å². The first-order chi connectivity index (χ1) is 11.7. The highest BCUT2D eigenvalue weighted by atomic mass is 16.5. The molecule has 0 aliphatic carbocycles. The maximum Gasteiger partial charge on any atom is 0.335 e. The predicted molar refractivity (Wildman–Crippen MR) is 88.8 cm³/mol. The van der Waals surface area contributed by atoms with E-state index in [2.05, 4.69) is 15.0 Å². The molecule has 0 unspecified atom stereocenters. The molecule has 0 saturated carbocycles. The average Bonchev–Trinajstić information content (AvgIpc) is 2.63. The normalized spacial score (nSPS) is 10.4. The van der Waals surface area contributed by atoms with Crippen LogP contribution in [0.15, 0.2) is 54.9 Å². The molecule has 0 spiro atoms. The van der Waals surface area contributed by atoms with Gasteiger partial charge in [0.2, 0.25) is 0 Å². The fourth-order valence-corrected chi connectivity index (χ4v) is 2.23. The van der Waals surface area contributed by atoms with E-state index >= 15 is 0 Å². The van der Waals surface area contributed by atoms with Crippen molar-refractivity contribution in [3.8, 4) is 28.5 Å². The number of carboxylic acid groups (broad SMARTS) is 1. The number of ether oxygens (including phenoxy) is 1. The van der Waals surface area contributed by atoms with Gasteiger partial charge in [-0.3, -0.25) is 0 Å². The van der Waals surface area contributed by atoms with Crippen LogP contribution in [0, 0.1) is 0 Å². The summed E-state index contributed by atoms with van der Waals surface area (Å²) in [5, 5.41) is 9.09. The van der Waals surface area contributed by atoms with Gasteiger partial charge in [-0.2, -0.15) is 0 Å². The number of carboxylic acids is 1. The summed E-state index contributed by atoms with van der Waals surface area (Å²) in [6, 6.07) is 14.0. The van der Waals surface area contributed by atoms with Crippen LogP contribution in [0.25, 0.3) is 22.8 Å². The van der Waals surface area contributed by atoms with Crippen LogP contribution < -0.4 is 4.74 Å². The molecule has 0 atom stereocenters. The molecule has 1 heterocycles. The zero-order valence-corrected chi connectivity index (χ0v) is 13.0. The van der Waals surface area contributed by atoms with Crippen molar-refractivity contribution in [1.82, 2.24) is 15.0 Å². The van der Waals surface area contributed by atoms with Crippen molar-refractivity contribution in [3.63, 3.8) is 0 Å². The van der Waals surface area contributed by atoms with Gasteiger partial charge in [0.1, 0.15) is 12.1 Å². The molecular formula is C18H15N3O3. The van der Waals surface area contributed by atoms with Crippen LogP contribution in [0.2, 0.25) is 0 Å². The summed E-state index contributed by atoms with van der Waals surface area (Å²) in [4.78, 5) is 23.9. The summed E-state index contributed by atoms with van der Waals surface area (Å²) in [7, 11) is 0. The van der Waals surface area contributed by atoms with Gasteiger partial charge < -0.3 is 9.84 Å². The van der Waals surface area contributed by atoms with Crippen LogP contribution in [0.5, 0.6) is 5.75 Å². The molecule has 0 bridgehead atoms. The first-order valence-electron chi connectivity index (χ1n) is 7.43. The van der Waals surface area contributed by atoms with Gasteiger partial charge in [0.05, 0.1) is 12.2 Å². The number of aromatic carboxylic acids is 1. The molecule has 0 amide bonds. The van der Waals surface area contributed by atoms with Crippen molar-refractivity contribution in [1.29, 1.82) is 0 Å². The Balaban J connectivity index is 1.94. The van der Waals surface area contributed by atoms with Crippen molar-refractivity contribution in [2.75, 3.05) is 6.61 Å². The molecule has 1 N–H and O–H groups in total. The molecule has 24 heavy (non-hydrogen) atoms. The minimum Gasteiger partial charge on any atom is -0.494 e. The fourth-order valence-electron chi connectivity index (χ4n) is 2.23. The Morgan fingerprint density at radius 1 is 1.04 bits per heavy atom. The Hall–Kier alpha value is -3.28. The van der Waals surface area contributed by atoms with Gasteiger partial charge in [-0.25, -0.2) is 19.7 Å². The highest BCUT2D eigenvalue weighted by Crippen LogP contribution is 2.22. The van der Waals surface area contributed by atoms with Crippen LogP contribution in [0.1, 0.15) is 17.3 Å². The summed E-state index contributed by atoms with van der Waals surface area (Å²) in [5.41, 5.74) is 1.65. The second-order valence-corrected chi connectivity index (χ2v) is 4.98. The minimum atomic E-state index is -0.988. The van der Waals surface area contributed by atoms with Crippen molar-refractivity contribution < 1.29 is 14.6 Å². The first-order valence-corrected chi connectivity index (χ1v) is 7.43. The fraction of sp³-hybridized carbons (Fsp3) is 0.111. The van der Waals surface area contributed by atoms with Gasteiger partial charge in [-0.15, -0.1) is 0 Å². The third-order valence-electron chi connectivity index (χ3n) is 3.36. The monoisotopic (exact) mass is 321 g/mol. The number of hydrogen-bond donors (Lipinski definition) is 1. The molecule has 0 radical (unpaired) electrons. The summed E-state index contributed by atoms with van der Waals surface area (Å²) in [5.74, 6) is 0.739. The van der Waals surface area contributed by atoms with Crippen LogP contribution >= 0.6 is 0 Å². The van der Waals surface area contributed by atoms with E-state index in [1.165, 1.54) is 12.4 Å². The molecule has 2 aromatic carbocycles. The van der Waals surface area contributed by atoms with Gasteiger partial charge >= 0.3 is 5.97 Å². The number of aromatic nitrogens is 3. The highest BCUT2D eigenvalue weighted by molar-refractivity contribution is 5.89. The Labute approximate surface area is 138 Å². The lowest BCUT2D eigenvalue weighted by Crippen LogP contribution is -1.99. The predicted octanol–water partition coefficient (Wildman–Crippen LogP) is 3.30. The highest BCUT2D eigenvalue weighted by Gasteiger charge is 2.09. The van der Waals surface area contributed by atoms with E-state index in [9.17, 15) is 4.79 Å². The van der Waals surface area contributed by atoms with E-state index in [1.54, 1.807) is 18.2 Å². The van der Waals surface area contributed by atoms with Crippen molar-refractivity contribution in [2.45, 2.75) is 6.92 Å². The quantitative estimate of drug-likeness (QED) is 0.776. The molecular weight excluding hydrogens is 306 g/mol. The number of carbonyl (C=O) groups is 1. The van der Waals surface area contributed by atoms with Crippen molar-refractivity contribution >= 4 is 5.97 Å². The third kappa shape index (κ3) is 3.38. The lowest BCUT2D eigenvalue weighted by atomic mass is 10.1. The molecule has 3 rings (SSSR count). The summed E-state index contributed by atoms with van der Waals surface area (Å²) >= 11 is 0. The smallest absolute Gasteiger partial charge is 0.335 e.